The van der Waals surface area contributed by atoms with E-state index in [9.17, 15) is 19.0 Å². The molecule has 10 heteroatoms. The molecule has 2 atom stereocenters. The third-order valence-electron chi connectivity index (χ3n) is 8.61. The Bertz CT molecular complexity index is 1030. The highest BCUT2D eigenvalue weighted by Crippen LogP contribution is 2.43. The first-order valence-electron chi connectivity index (χ1n) is 20.9. The van der Waals surface area contributed by atoms with Crippen molar-refractivity contribution in [1.82, 2.24) is 4.90 Å². The van der Waals surface area contributed by atoms with Gasteiger partial charge < -0.3 is 19.3 Å². The topological polar surface area (TPSA) is 112 Å². The second-order valence-electron chi connectivity index (χ2n) is 14.2. The highest BCUT2D eigenvalue weighted by Gasteiger charge is 2.26. The standard InChI is InChI=1S/C43H78NO8P/c1-5-7-9-11-13-15-17-19-20-21-22-24-26-28-30-32-34-36-43(46)52-41(40-51-53(47,48)50-38-37-44(3)4)39-49-42(45)35-33-31-29-27-25-23-18-16-14-12-10-8-6-2/h13,15-16,18-20,22,24,41H,5-12,14,17,21,23,25-40H2,1-4H3,(H,47,48)/b15-13-,18-16-,20-19-,24-22-. The number of phosphoric acid groups is 1. The number of ether oxygens (including phenoxy) is 2. The summed E-state index contributed by atoms with van der Waals surface area (Å²) in [5, 5.41) is 0. The summed E-state index contributed by atoms with van der Waals surface area (Å²) in [6, 6.07) is 0. The van der Waals surface area contributed by atoms with Crippen LogP contribution in [0.25, 0.3) is 0 Å². The lowest BCUT2D eigenvalue weighted by molar-refractivity contribution is -0.161. The molecule has 0 heterocycles. The quantitative estimate of drug-likeness (QED) is 0.0284. The van der Waals surface area contributed by atoms with Gasteiger partial charge in [0, 0.05) is 19.4 Å². The molecule has 0 aromatic rings. The largest absolute Gasteiger partial charge is 0.472 e. The van der Waals surface area contributed by atoms with Crippen LogP contribution in [0.3, 0.4) is 0 Å². The summed E-state index contributed by atoms with van der Waals surface area (Å²) in [5.74, 6) is -0.841. The molecule has 0 saturated heterocycles. The normalized spacial score (nSPS) is 13.9. The number of nitrogens with zero attached hydrogens (tertiary/aromatic N) is 1. The Morgan fingerprint density at radius 2 is 1.02 bits per heavy atom. The molecule has 0 spiro atoms. The maximum atomic E-state index is 12.6. The van der Waals surface area contributed by atoms with Crippen LogP contribution >= 0.6 is 7.82 Å². The van der Waals surface area contributed by atoms with Crippen molar-refractivity contribution < 1.29 is 37.6 Å². The number of rotatable bonds is 38. The molecule has 0 aliphatic rings. The van der Waals surface area contributed by atoms with Crippen molar-refractivity contribution in [1.29, 1.82) is 0 Å². The molecule has 308 valence electrons. The first-order chi connectivity index (χ1) is 25.7. The van der Waals surface area contributed by atoms with Crippen LogP contribution in [0.15, 0.2) is 48.6 Å². The summed E-state index contributed by atoms with van der Waals surface area (Å²) in [7, 11) is -0.731. The van der Waals surface area contributed by atoms with Crippen LogP contribution < -0.4 is 0 Å². The Kier molecular flexibility index (Phi) is 36.8. The zero-order chi connectivity index (χ0) is 39.1. The van der Waals surface area contributed by atoms with Gasteiger partial charge in [-0.25, -0.2) is 4.57 Å². The average Bonchev–Trinajstić information content (AvgIpc) is 3.12. The fraction of sp³-hybridized carbons (Fsp3) is 0.767. The van der Waals surface area contributed by atoms with Crippen molar-refractivity contribution in [3.8, 4) is 0 Å². The van der Waals surface area contributed by atoms with Crippen LogP contribution in [0.2, 0.25) is 0 Å². The summed E-state index contributed by atoms with van der Waals surface area (Å²) < 4.78 is 33.4. The smallest absolute Gasteiger partial charge is 0.462 e. The first-order valence-corrected chi connectivity index (χ1v) is 22.4. The third-order valence-corrected chi connectivity index (χ3v) is 9.59. The minimum Gasteiger partial charge on any atom is -0.462 e. The number of phosphoric ester groups is 1. The number of unbranched alkanes of at least 4 members (excludes halogenated alkanes) is 16. The molecule has 0 aromatic heterocycles. The van der Waals surface area contributed by atoms with Crippen molar-refractivity contribution >= 4 is 19.8 Å². The first kappa shape index (κ1) is 51.0. The molecule has 53 heavy (non-hydrogen) atoms. The lowest BCUT2D eigenvalue weighted by Crippen LogP contribution is -2.29. The fourth-order valence-corrected chi connectivity index (χ4v) is 6.08. The zero-order valence-corrected chi connectivity index (χ0v) is 35.1. The van der Waals surface area contributed by atoms with Gasteiger partial charge in [-0.3, -0.25) is 18.6 Å². The molecule has 0 radical (unpaired) electrons. The fourth-order valence-electron chi connectivity index (χ4n) is 5.33. The molecule has 0 rings (SSSR count). The summed E-state index contributed by atoms with van der Waals surface area (Å²) in [6.45, 7) is 4.23. The van der Waals surface area contributed by atoms with E-state index in [1.807, 2.05) is 19.0 Å². The predicted molar refractivity (Wildman–Crippen MR) is 220 cm³/mol. The molecule has 1 N–H and O–H groups in total. The average molecular weight is 768 g/mol. The van der Waals surface area contributed by atoms with Crippen LogP contribution in [0.4, 0.5) is 0 Å². The number of carbonyl (C=O) groups is 2. The van der Waals surface area contributed by atoms with Crippen molar-refractivity contribution in [2.24, 2.45) is 0 Å². The third kappa shape index (κ3) is 39.5. The number of hydrogen-bond donors (Lipinski definition) is 1. The Hall–Kier alpha value is -2.03. The van der Waals surface area contributed by atoms with Gasteiger partial charge in [0.05, 0.1) is 13.2 Å². The second-order valence-corrected chi connectivity index (χ2v) is 15.6. The Morgan fingerprint density at radius 1 is 0.585 bits per heavy atom. The van der Waals surface area contributed by atoms with Crippen LogP contribution in [-0.2, 0) is 32.7 Å². The van der Waals surface area contributed by atoms with E-state index in [1.165, 1.54) is 57.8 Å². The minimum absolute atomic E-state index is 0.00000754. The van der Waals surface area contributed by atoms with Crippen molar-refractivity contribution in [2.75, 3.05) is 40.5 Å². The highest BCUT2D eigenvalue weighted by molar-refractivity contribution is 7.47. The number of likely N-dealkylation sites (N-methyl/N-ethyl adjacent to an activating group) is 1. The Labute approximate surface area is 324 Å². The molecule has 0 aliphatic carbocycles. The number of esters is 2. The summed E-state index contributed by atoms with van der Waals surface area (Å²) in [4.78, 5) is 36.9. The molecular formula is C43H78NO8P. The van der Waals surface area contributed by atoms with Gasteiger partial charge in [0.2, 0.25) is 0 Å². The van der Waals surface area contributed by atoms with Gasteiger partial charge in [0.1, 0.15) is 6.61 Å². The van der Waals surface area contributed by atoms with E-state index in [-0.39, 0.29) is 32.0 Å². The van der Waals surface area contributed by atoms with Crippen molar-refractivity contribution in [3.05, 3.63) is 48.6 Å². The van der Waals surface area contributed by atoms with Crippen LogP contribution in [-0.4, -0.2) is 68.3 Å². The Morgan fingerprint density at radius 3 is 1.57 bits per heavy atom. The van der Waals surface area contributed by atoms with E-state index in [1.54, 1.807) is 0 Å². The molecule has 9 nitrogen and oxygen atoms in total. The SMILES string of the molecule is CCCCC/C=C\C/C=C\C/C=C\CCCCCCC(=O)OC(COC(=O)CCCCCCC/C=C\CCCCCC)COP(=O)(O)OCCN(C)C. The van der Waals surface area contributed by atoms with Gasteiger partial charge in [0.15, 0.2) is 6.10 Å². The van der Waals surface area contributed by atoms with Gasteiger partial charge in [0.25, 0.3) is 0 Å². The van der Waals surface area contributed by atoms with E-state index < -0.39 is 26.5 Å². The van der Waals surface area contributed by atoms with Gasteiger partial charge in [-0.2, -0.15) is 0 Å². The molecule has 0 aromatic carbocycles. The zero-order valence-electron chi connectivity index (χ0n) is 34.2. The van der Waals surface area contributed by atoms with Crippen molar-refractivity contribution in [3.63, 3.8) is 0 Å². The lowest BCUT2D eigenvalue weighted by atomic mass is 10.1. The molecule has 0 aliphatic heterocycles. The maximum Gasteiger partial charge on any atom is 0.472 e. The van der Waals surface area contributed by atoms with E-state index in [0.29, 0.717) is 13.0 Å². The maximum absolute atomic E-state index is 12.6. The number of hydrogen-bond acceptors (Lipinski definition) is 8. The molecule has 2 unspecified atom stereocenters. The minimum atomic E-state index is -4.37. The van der Waals surface area contributed by atoms with Crippen LogP contribution in [0, 0.1) is 0 Å². The molecule has 0 saturated carbocycles. The Balaban J connectivity index is 4.38. The van der Waals surface area contributed by atoms with E-state index in [2.05, 4.69) is 62.5 Å². The van der Waals surface area contributed by atoms with Crippen molar-refractivity contribution in [2.45, 2.75) is 174 Å². The molecule has 0 fully saturated rings. The van der Waals surface area contributed by atoms with Gasteiger partial charge >= 0.3 is 19.8 Å². The summed E-state index contributed by atoms with van der Waals surface area (Å²) in [6.07, 6.45) is 41.5. The van der Waals surface area contributed by atoms with Crippen LogP contribution in [0.1, 0.15) is 168 Å². The number of allylic oxidation sites excluding steroid dienone is 8. The van der Waals surface area contributed by atoms with E-state index in [4.69, 9.17) is 18.5 Å². The monoisotopic (exact) mass is 768 g/mol. The van der Waals surface area contributed by atoms with Gasteiger partial charge in [-0.15, -0.1) is 0 Å². The van der Waals surface area contributed by atoms with Crippen LogP contribution in [0.5, 0.6) is 0 Å². The summed E-state index contributed by atoms with van der Waals surface area (Å²) in [5.41, 5.74) is 0. The van der Waals surface area contributed by atoms with Gasteiger partial charge in [-0.1, -0.05) is 127 Å². The number of carbonyl (C=O) groups excluding carboxylic acids is 2. The molecular weight excluding hydrogens is 689 g/mol. The van der Waals surface area contributed by atoms with Gasteiger partial charge in [-0.05, 0) is 91.1 Å². The molecule has 0 amide bonds. The van der Waals surface area contributed by atoms with E-state index in [0.717, 1.165) is 77.0 Å². The summed E-state index contributed by atoms with van der Waals surface area (Å²) >= 11 is 0. The second kappa shape index (κ2) is 38.3. The lowest BCUT2D eigenvalue weighted by Gasteiger charge is -2.20. The predicted octanol–water partition coefficient (Wildman–Crippen LogP) is 11.8. The van der Waals surface area contributed by atoms with E-state index >= 15 is 0 Å². The highest BCUT2D eigenvalue weighted by atomic mass is 31.2. The molecule has 0 bridgehead atoms.